The summed E-state index contributed by atoms with van der Waals surface area (Å²) < 4.78 is 0. The van der Waals surface area contributed by atoms with Crippen LogP contribution in [0.4, 0.5) is 0 Å². The van der Waals surface area contributed by atoms with Crippen LogP contribution in [0.2, 0.25) is 0 Å². The highest BCUT2D eigenvalue weighted by molar-refractivity contribution is 5.83. The maximum absolute atomic E-state index is 12.4. The van der Waals surface area contributed by atoms with Crippen molar-refractivity contribution in [1.82, 2.24) is 5.32 Å². The Hall–Kier alpha value is -2.13. The molecule has 2 aromatic rings. The molecule has 3 nitrogen and oxygen atoms in total. The molecule has 3 heteroatoms. The van der Waals surface area contributed by atoms with Crippen LogP contribution >= 0.6 is 0 Å². The smallest absolute Gasteiger partial charge is 0.227 e. The standard InChI is InChI=1S/C18H19NO2/c1-12(13-7-3-2-4-8-13)18(21)19-16-11-14-9-5-6-10-15(14)17(16)20/h2-10,12,16-17,20H,11H2,1H3,(H,19,21)/t12-,16-,17-/m1/s1. The summed E-state index contributed by atoms with van der Waals surface area (Å²) >= 11 is 0. The second kappa shape index (κ2) is 5.70. The molecule has 3 atom stereocenters. The zero-order chi connectivity index (χ0) is 14.8. The van der Waals surface area contributed by atoms with Crippen molar-refractivity contribution in [3.8, 4) is 0 Å². The normalized spacial score (nSPS) is 21.6. The van der Waals surface area contributed by atoms with Gasteiger partial charge in [-0.1, -0.05) is 54.6 Å². The summed E-state index contributed by atoms with van der Waals surface area (Å²) in [6.45, 7) is 1.89. The SMILES string of the molecule is C[C@@H](C(=O)N[C@@H]1Cc2ccccc2[C@H]1O)c1ccccc1. The number of hydrogen-bond acceptors (Lipinski definition) is 2. The van der Waals surface area contributed by atoms with Gasteiger partial charge in [-0.15, -0.1) is 0 Å². The van der Waals surface area contributed by atoms with Crippen molar-refractivity contribution in [2.45, 2.75) is 31.4 Å². The van der Waals surface area contributed by atoms with Crippen LogP contribution in [-0.4, -0.2) is 17.1 Å². The molecule has 0 unspecified atom stereocenters. The van der Waals surface area contributed by atoms with E-state index in [1.807, 2.05) is 61.5 Å². The molecule has 108 valence electrons. The van der Waals surface area contributed by atoms with E-state index in [0.29, 0.717) is 6.42 Å². The maximum Gasteiger partial charge on any atom is 0.227 e. The number of carbonyl (C=O) groups excluding carboxylic acids is 1. The predicted octanol–water partition coefficient (Wildman–Crippen LogP) is 2.56. The molecule has 0 fully saturated rings. The van der Waals surface area contributed by atoms with E-state index in [1.165, 1.54) is 0 Å². The average Bonchev–Trinajstić information content (AvgIpc) is 2.84. The van der Waals surface area contributed by atoms with Gasteiger partial charge < -0.3 is 10.4 Å². The molecular weight excluding hydrogens is 262 g/mol. The summed E-state index contributed by atoms with van der Waals surface area (Å²) in [5.74, 6) is -0.264. The van der Waals surface area contributed by atoms with Gasteiger partial charge in [0.2, 0.25) is 5.91 Å². The Bertz CT molecular complexity index is 639. The molecule has 2 aromatic carbocycles. The Morgan fingerprint density at radius 2 is 1.81 bits per heavy atom. The van der Waals surface area contributed by atoms with E-state index < -0.39 is 6.10 Å². The Balaban J connectivity index is 1.70. The van der Waals surface area contributed by atoms with E-state index in [4.69, 9.17) is 0 Å². The quantitative estimate of drug-likeness (QED) is 0.908. The van der Waals surface area contributed by atoms with E-state index in [-0.39, 0.29) is 17.9 Å². The zero-order valence-electron chi connectivity index (χ0n) is 12.0. The van der Waals surface area contributed by atoms with Crippen LogP contribution in [-0.2, 0) is 11.2 Å². The van der Waals surface area contributed by atoms with Crippen LogP contribution in [0.15, 0.2) is 54.6 Å². The molecule has 1 amide bonds. The number of amides is 1. The van der Waals surface area contributed by atoms with Gasteiger partial charge in [0, 0.05) is 0 Å². The summed E-state index contributed by atoms with van der Waals surface area (Å²) in [6.07, 6.45) is 0.0676. The van der Waals surface area contributed by atoms with E-state index in [1.54, 1.807) is 0 Å². The van der Waals surface area contributed by atoms with Crippen molar-refractivity contribution in [1.29, 1.82) is 0 Å². The maximum atomic E-state index is 12.4. The van der Waals surface area contributed by atoms with Crippen LogP contribution in [0, 0.1) is 0 Å². The third-order valence-corrected chi connectivity index (χ3v) is 4.22. The molecule has 0 aliphatic heterocycles. The lowest BCUT2D eigenvalue weighted by Crippen LogP contribution is -2.40. The number of carbonyl (C=O) groups is 1. The summed E-state index contributed by atoms with van der Waals surface area (Å²) in [7, 11) is 0. The van der Waals surface area contributed by atoms with Crippen LogP contribution in [0.1, 0.15) is 35.6 Å². The Labute approximate surface area is 124 Å². The first kappa shape index (κ1) is 13.8. The molecule has 0 heterocycles. The second-order valence-corrected chi connectivity index (χ2v) is 5.60. The van der Waals surface area contributed by atoms with Gasteiger partial charge in [-0.05, 0) is 30.0 Å². The first-order valence-electron chi connectivity index (χ1n) is 7.28. The minimum atomic E-state index is -0.617. The summed E-state index contributed by atoms with van der Waals surface area (Å²) in [5, 5.41) is 13.3. The monoisotopic (exact) mass is 281 g/mol. The van der Waals surface area contributed by atoms with Gasteiger partial charge in [0.1, 0.15) is 0 Å². The Morgan fingerprint density at radius 1 is 1.14 bits per heavy atom. The molecule has 0 saturated heterocycles. The Morgan fingerprint density at radius 3 is 2.52 bits per heavy atom. The second-order valence-electron chi connectivity index (χ2n) is 5.60. The fourth-order valence-electron chi connectivity index (χ4n) is 2.90. The van der Waals surface area contributed by atoms with Crippen molar-refractivity contribution in [3.63, 3.8) is 0 Å². The third-order valence-electron chi connectivity index (χ3n) is 4.22. The number of benzene rings is 2. The molecule has 0 aromatic heterocycles. The molecule has 1 aliphatic carbocycles. The molecule has 0 bridgehead atoms. The first-order chi connectivity index (χ1) is 10.2. The molecule has 0 radical (unpaired) electrons. The number of fused-ring (bicyclic) bond motifs is 1. The van der Waals surface area contributed by atoms with Crippen molar-refractivity contribution < 1.29 is 9.90 Å². The number of hydrogen-bond donors (Lipinski definition) is 2. The number of rotatable bonds is 3. The van der Waals surface area contributed by atoms with Crippen molar-refractivity contribution in [2.24, 2.45) is 0 Å². The van der Waals surface area contributed by atoms with Crippen LogP contribution in [0.5, 0.6) is 0 Å². The van der Waals surface area contributed by atoms with Gasteiger partial charge >= 0.3 is 0 Å². The largest absolute Gasteiger partial charge is 0.386 e. The van der Waals surface area contributed by atoms with Gasteiger partial charge in [-0.2, -0.15) is 0 Å². The summed E-state index contributed by atoms with van der Waals surface area (Å²) in [5.41, 5.74) is 3.03. The molecular formula is C18H19NO2. The first-order valence-corrected chi connectivity index (χ1v) is 7.28. The lowest BCUT2D eigenvalue weighted by molar-refractivity contribution is -0.123. The van der Waals surface area contributed by atoms with Crippen molar-refractivity contribution >= 4 is 5.91 Å². The number of aliphatic hydroxyl groups excluding tert-OH is 1. The van der Waals surface area contributed by atoms with Crippen LogP contribution in [0.25, 0.3) is 0 Å². The van der Waals surface area contributed by atoms with Gasteiger partial charge in [-0.3, -0.25) is 4.79 Å². The number of aliphatic hydroxyl groups is 1. The average molecular weight is 281 g/mol. The van der Waals surface area contributed by atoms with E-state index >= 15 is 0 Å². The van der Waals surface area contributed by atoms with E-state index in [2.05, 4.69) is 5.32 Å². The lowest BCUT2D eigenvalue weighted by atomic mass is 10.00. The number of nitrogens with one attached hydrogen (secondary N) is 1. The van der Waals surface area contributed by atoms with E-state index in [0.717, 1.165) is 16.7 Å². The molecule has 3 rings (SSSR count). The molecule has 21 heavy (non-hydrogen) atoms. The minimum absolute atomic E-state index is 0.0435. The highest BCUT2D eigenvalue weighted by atomic mass is 16.3. The molecule has 0 spiro atoms. The van der Waals surface area contributed by atoms with Gasteiger partial charge in [0.05, 0.1) is 18.1 Å². The molecule has 2 N–H and O–H groups in total. The topological polar surface area (TPSA) is 49.3 Å². The van der Waals surface area contributed by atoms with Gasteiger partial charge in [-0.25, -0.2) is 0 Å². The molecule has 0 saturated carbocycles. The van der Waals surface area contributed by atoms with Crippen molar-refractivity contribution in [3.05, 3.63) is 71.3 Å². The lowest BCUT2D eigenvalue weighted by Gasteiger charge is -2.20. The highest BCUT2D eigenvalue weighted by Gasteiger charge is 2.32. The third kappa shape index (κ3) is 2.69. The highest BCUT2D eigenvalue weighted by Crippen LogP contribution is 2.31. The minimum Gasteiger partial charge on any atom is -0.386 e. The van der Waals surface area contributed by atoms with Gasteiger partial charge in [0.15, 0.2) is 0 Å². The van der Waals surface area contributed by atoms with Gasteiger partial charge in [0.25, 0.3) is 0 Å². The van der Waals surface area contributed by atoms with Crippen LogP contribution in [0.3, 0.4) is 0 Å². The Kier molecular flexibility index (Phi) is 3.76. The fourth-order valence-corrected chi connectivity index (χ4v) is 2.90. The summed E-state index contributed by atoms with van der Waals surface area (Å²) in [4.78, 5) is 12.4. The van der Waals surface area contributed by atoms with Crippen molar-refractivity contribution in [2.75, 3.05) is 0 Å². The van der Waals surface area contributed by atoms with Crippen LogP contribution < -0.4 is 5.32 Å². The van der Waals surface area contributed by atoms with E-state index in [9.17, 15) is 9.90 Å². The summed E-state index contributed by atoms with van der Waals surface area (Å²) in [6, 6.07) is 17.3. The zero-order valence-corrected chi connectivity index (χ0v) is 12.0. The fraction of sp³-hybridized carbons (Fsp3) is 0.278. The molecule has 1 aliphatic rings. The predicted molar refractivity (Wildman–Crippen MR) is 81.9 cm³/mol.